The molecule has 0 saturated heterocycles. The molecule has 1 aliphatic carbocycles. The maximum Gasteiger partial charge on any atom is 0.326 e. The van der Waals surface area contributed by atoms with Crippen molar-refractivity contribution in [3.05, 3.63) is 35.4 Å². The van der Waals surface area contributed by atoms with Crippen molar-refractivity contribution in [3.63, 3.8) is 0 Å². The van der Waals surface area contributed by atoms with Gasteiger partial charge in [0, 0.05) is 5.56 Å². The number of carboxylic acids is 1. The van der Waals surface area contributed by atoms with Crippen LogP contribution in [0.25, 0.3) is 0 Å². The lowest BCUT2D eigenvalue weighted by atomic mass is 10.1. The van der Waals surface area contributed by atoms with Gasteiger partial charge in [-0.1, -0.05) is 25.0 Å². The van der Waals surface area contributed by atoms with Crippen LogP contribution < -0.4 is 5.32 Å². The first-order valence-electron chi connectivity index (χ1n) is 7.70. The lowest BCUT2D eigenvalue weighted by Crippen LogP contribution is -2.41. The zero-order valence-corrected chi connectivity index (χ0v) is 13.0. The molecular formula is C17H23NO4. The molecule has 1 atom stereocenters. The number of carbonyl (C=O) groups excluding carboxylic acids is 1. The average Bonchev–Trinajstić information content (AvgIpc) is 3.28. The number of rotatable bonds is 8. The summed E-state index contributed by atoms with van der Waals surface area (Å²) in [4.78, 5) is 23.3. The van der Waals surface area contributed by atoms with Gasteiger partial charge >= 0.3 is 5.97 Å². The molecule has 1 amide bonds. The summed E-state index contributed by atoms with van der Waals surface area (Å²) in [6.07, 6.45) is 2.79. The Morgan fingerprint density at radius 1 is 1.27 bits per heavy atom. The van der Waals surface area contributed by atoms with Gasteiger partial charge in [0.25, 0.3) is 5.91 Å². The summed E-state index contributed by atoms with van der Waals surface area (Å²) in [7, 11) is 0. The third-order valence-electron chi connectivity index (χ3n) is 3.67. The second-order valence-corrected chi connectivity index (χ2v) is 6.10. The molecule has 5 nitrogen and oxygen atoms in total. The summed E-state index contributed by atoms with van der Waals surface area (Å²) in [5.74, 6) is -0.872. The first-order valence-corrected chi connectivity index (χ1v) is 7.70. The van der Waals surface area contributed by atoms with Gasteiger partial charge in [0.05, 0.1) is 12.7 Å². The van der Waals surface area contributed by atoms with Gasteiger partial charge in [-0.25, -0.2) is 4.79 Å². The van der Waals surface area contributed by atoms with Crippen LogP contribution >= 0.6 is 0 Å². The predicted molar refractivity (Wildman–Crippen MR) is 82.6 cm³/mol. The van der Waals surface area contributed by atoms with Crippen molar-refractivity contribution in [2.75, 3.05) is 0 Å². The highest BCUT2D eigenvalue weighted by Crippen LogP contribution is 2.33. The van der Waals surface area contributed by atoms with Crippen molar-refractivity contribution < 1.29 is 19.4 Å². The molecule has 0 bridgehead atoms. The highest BCUT2D eigenvalue weighted by atomic mass is 16.5. The van der Waals surface area contributed by atoms with Gasteiger partial charge in [-0.3, -0.25) is 4.79 Å². The van der Waals surface area contributed by atoms with Crippen molar-refractivity contribution in [2.45, 2.75) is 51.9 Å². The van der Waals surface area contributed by atoms with Crippen LogP contribution in [0.4, 0.5) is 0 Å². The summed E-state index contributed by atoms with van der Waals surface area (Å²) in [6.45, 7) is 4.43. The maximum absolute atomic E-state index is 12.1. The number of benzene rings is 1. The van der Waals surface area contributed by atoms with Crippen LogP contribution in [0.15, 0.2) is 24.3 Å². The summed E-state index contributed by atoms with van der Waals surface area (Å²) in [5, 5.41) is 11.8. The number of amides is 1. The molecule has 1 aromatic carbocycles. The van der Waals surface area contributed by atoms with E-state index in [0.29, 0.717) is 24.5 Å². The van der Waals surface area contributed by atoms with Gasteiger partial charge in [0.2, 0.25) is 0 Å². The molecule has 0 aliphatic heterocycles. The van der Waals surface area contributed by atoms with Crippen LogP contribution in [0, 0.1) is 5.92 Å². The fourth-order valence-electron chi connectivity index (χ4n) is 2.17. The van der Waals surface area contributed by atoms with Gasteiger partial charge in [-0.2, -0.15) is 0 Å². The van der Waals surface area contributed by atoms with Gasteiger partial charge < -0.3 is 15.2 Å². The number of carbonyl (C=O) groups is 2. The molecule has 0 spiro atoms. The Morgan fingerprint density at radius 2 is 1.91 bits per heavy atom. The molecule has 1 unspecified atom stereocenters. The third kappa shape index (κ3) is 5.15. The van der Waals surface area contributed by atoms with Crippen molar-refractivity contribution in [3.8, 4) is 0 Å². The summed E-state index contributed by atoms with van der Waals surface area (Å²) < 4.78 is 5.50. The monoisotopic (exact) mass is 305 g/mol. The standard InChI is InChI=1S/C17H23NO4/c1-11(2)22-10-13-5-7-14(8-6-13)16(19)18-15(17(20)21)9-12-3-4-12/h5-8,11-12,15H,3-4,9-10H2,1-2H3,(H,18,19)(H,20,21). The van der Waals surface area contributed by atoms with Crippen LogP contribution in [0.1, 0.15) is 49.0 Å². The Bertz CT molecular complexity index is 520. The minimum absolute atomic E-state index is 0.154. The Kier molecular flexibility index (Phi) is 5.55. The van der Waals surface area contributed by atoms with Crippen molar-refractivity contribution in [1.82, 2.24) is 5.32 Å². The zero-order chi connectivity index (χ0) is 16.1. The summed E-state index contributed by atoms with van der Waals surface area (Å²) >= 11 is 0. The van der Waals surface area contributed by atoms with Crippen LogP contribution in [-0.2, 0) is 16.1 Å². The first-order chi connectivity index (χ1) is 10.5. The maximum atomic E-state index is 12.1. The highest BCUT2D eigenvalue weighted by molar-refractivity contribution is 5.96. The Hall–Kier alpha value is -1.88. The lowest BCUT2D eigenvalue weighted by Gasteiger charge is -2.14. The molecule has 0 radical (unpaired) electrons. The van der Waals surface area contributed by atoms with E-state index in [9.17, 15) is 14.7 Å². The van der Waals surface area contributed by atoms with Crippen molar-refractivity contribution in [1.29, 1.82) is 0 Å². The van der Waals surface area contributed by atoms with E-state index in [2.05, 4.69) is 5.32 Å². The van der Waals surface area contributed by atoms with E-state index in [4.69, 9.17) is 4.74 Å². The van der Waals surface area contributed by atoms with Gasteiger partial charge in [0.15, 0.2) is 0 Å². The predicted octanol–water partition coefficient (Wildman–Crippen LogP) is 2.59. The molecule has 2 rings (SSSR count). The van der Waals surface area contributed by atoms with Gasteiger partial charge in [-0.05, 0) is 43.9 Å². The van der Waals surface area contributed by atoms with Crippen molar-refractivity contribution >= 4 is 11.9 Å². The quantitative estimate of drug-likeness (QED) is 0.774. The highest BCUT2D eigenvalue weighted by Gasteiger charge is 2.30. The summed E-state index contributed by atoms with van der Waals surface area (Å²) in [6, 6.07) is 6.25. The molecule has 5 heteroatoms. The number of aliphatic carboxylic acids is 1. The number of hydrogen-bond donors (Lipinski definition) is 2. The third-order valence-corrected chi connectivity index (χ3v) is 3.67. The average molecular weight is 305 g/mol. The van der Waals surface area contributed by atoms with Crippen LogP contribution in [-0.4, -0.2) is 29.1 Å². The van der Waals surface area contributed by atoms with Crippen molar-refractivity contribution in [2.24, 2.45) is 5.92 Å². The Morgan fingerprint density at radius 3 is 2.41 bits per heavy atom. The topological polar surface area (TPSA) is 75.6 Å². The fraction of sp³-hybridized carbons (Fsp3) is 0.529. The number of nitrogens with one attached hydrogen (secondary N) is 1. The van der Waals surface area contributed by atoms with E-state index in [0.717, 1.165) is 18.4 Å². The number of ether oxygens (including phenoxy) is 1. The second kappa shape index (κ2) is 7.40. The lowest BCUT2D eigenvalue weighted by molar-refractivity contribution is -0.139. The van der Waals surface area contributed by atoms with Crippen LogP contribution in [0.2, 0.25) is 0 Å². The van der Waals surface area contributed by atoms with E-state index >= 15 is 0 Å². The van der Waals surface area contributed by atoms with Crippen LogP contribution in [0.5, 0.6) is 0 Å². The first kappa shape index (κ1) is 16.5. The SMILES string of the molecule is CC(C)OCc1ccc(C(=O)NC(CC2CC2)C(=O)O)cc1. The molecule has 1 saturated carbocycles. The normalized spacial score (nSPS) is 15.6. The Balaban J connectivity index is 1.91. The largest absolute Gasteiger partial charge is 0.480 e. The number of carboxylic acid groups (broad SMARTS) is 1. The Labute approximate surface area is 130 Å². The van der Waals surface area contributed by atoms with E-state index in [1.165, 1.54) is 0 Å². The molecule has 22 heavy (non-hydrogen) atoms. The molecule has 1 aromatic rings. The molecule has 0 aromatic heterocycles. The molecule has 2 N–H and O–H groups in total. The minimum Gasteiger partial charge on any atom is -0.480 e. The zero-order valence-electron chi connectivity index (χ0n) is 13.0. The number of hydrogen-bond acceptors (Lipinski definition) is 3. The van der Waals surface area contributed by atoms with E-state index in [-0.39, 0.29) is 12.0 Å². The van der Waals surface area contributed by atoms with E-state index < -0.39 is 12.0 Å². The van der Waals surface area contributed by atoms with E-state index in [1.807, 2.05) is 26.0 Å². The summed E-state index contributed by atoms with van der Waals surface area (Å²) in [5.41, 5.74) is 1.45. The molecular weight excluding hydrogens is 282 g/mol. The fourth-order valence-corrected chi connectivity index (χ4v) is 2.17. The van der Waals surface area contributed by atoms with Crippen LogP contribution in [0.3, 0.4) is 0 Å². The molecule has 120 valence electrons. The minimum atomic E-state index is -0.970. The molecule has 1 fully saturated rings. The van der Waals surface area contributed by atoms with Gasteiger partial charge in [0.1, 0.15) is 6.04 Å². The van der Waals surface area contributed by atoms with E-state index in [1.54, 1.807) is 12.1 Å². The molecule has 0 heterocycles. The smallest absolute Gasteiger partial charge is 0.326 e. The second-order valence-electron chi connectivity index (χ2n) is 6.10. The van der Waals surface area contributed by atoms with Gasteiger partial charge in [-0.15, -0.1) is 0 Å². The molecule has 1 aliphatic rings.